The Bertz CT molecular complexity index is 885. The first-order chi connectivity index (χ1) is 13.6. The number of likely N-dealkylation sites (tertiary alicyclic amines) is 1. The summed E-state index contributed by atoms with van der Waals surface area (Å²) in [6.07, 6.45) is 3.64. The number of thioether (sulfide) groups is 1. The van der Waals surface area contributed by atoms with Crippen molar-refractivity contribution in [3.63, 3.8) is 0 Å². The average Bonchev–Trinajstić information content (AvgIpc) is 3.24. The average molecular weight is 419 g/mol. The Balaban J connectivity index is 1.61. The molecule has 0 bridgehead atoms. The first kappa shape index (κ1) is 20.4. The highest BCUT2D eigenvalue weighted by Crippen LogP contribution is 2.24. The summed E-state index contributed by atoms with van der Waals surface area (Å²) in [5.41, 5.74) is 0.462. The zero-order valence-corrected chi connectivity index (χ0v) is 17.3. The second-order valence-electron chi connectivity index (χ2n) is 6.38. The summed E-state index contributed by atoms with van der Waals surface area (Å²) in [7, 11) is 0. The van der Waals surface area contributed by atoms with Crippen LogP contribution in [0, 0.1) is 11.3 Å². The minimum absolute atomic E-state index is 0.168. The van der Waals surface area contributed by atoms with Gasteiger partial charge in [0.15, 0.2) is 11.0 Å². The third-order valence-electron chi connectivity index (χ3n) is 4.48. The molecule has 0 aromatic carbocycles. The molecule has 1 aliphatic heterocycles. The van der Waals surface area contributed by atoms with Crippen molar-refractivity contribution < 1.29 is 9.59 Å². The van der Waals surface area contributed by atoms with Gasteiger partial charge in [-0.2, -0.15) is 5.26 Å². The number of amides is 2. The minimum Gasteiger partial charge on any atom is -0.335 e. The smallest absolute Gasteiger partial charge is 0.235 e. The van der Waals surface area contributed by atoms with Crippen molar-refractivity contribution in [2.45, 2.75) is 50.9 Å². The number of anilines is 1. The Hall–Kier alpha value is -2.38. The van der Waals surface area contributed by atoms with Crippen LogP contribution < -0.4 is 5.32 Å². The highest BCUT2D eigenvalue weighted by Gasteiger charge is 2.21. The third-order valence-corrected chi connectivity index (χ3v) is 6.28. The number of nitrogens with zero attached hydrogens (tertiary/aromatic N) is 5. The molecule has 8 nitrogen and oxygen atoms in total. The molecule has 0 radical (unpaired) electrons. The van der Waals surface area contributed by atoms with Crippen molar-refractivity contribution in [2.24, 2.45) is 0 Å². The summed E-state index contributed by atoms with van der Waals surface area (Å²) in [5.74, 6) is 0.884. The molecular weight excluding hydrogens is 396 g/mol. The van der Waals surface area contributed by atoms with Crippen LogP contribution in [0.4, 0.5) is 5.00 Å². The maximum absolute atomic E-state index is 12.2. The van der Waals surface area contributed by atoms with Crippen molar-refractivity contribution in [3.8, 4) is 6.07 Å². The van der Waals surface area contributed by atoms with E-state index in [1.807, 2.05) is 16.4 Å². The van der Waals surface area contributed by atoms with Crippen LogP contribution in [0.25, 0.3) is 0 Å². The molecule has 10 heteroatoms. The predicted octanol–water partition coefficient (Wildman–Crippen LogP) is 2.86. The fourth-order valence-corrected chi connectivity index (χ4v) is 4.60. The van der Waals surface area contributed by atoms with Gasteiger partial charge in [-0.05, 0) is 31.2 Å². The molecular formula is C18H22N6O2S2. The molecule has 148 valence electrons. The van der Waals surface area contributed by atoms with E-state index in [2.05, 4.69) is 21.6 Å². The van der Waals surface area contributed by atoms with Gasteiger partial charge in [0, 0.05) is 19.5 Å². The number of nitriles is 1. The third kappa shape index (κ3) is 4.91. The van der Waals surface area contributed by atoms with Gasteiger partial charge in [-0.25, -0.2) is 0 Å². The molecule has 1 N–H and O–H groups in total. The first-order valence-corrected chi connectivity index (χ1v) is 11.1. The van der Waals surface area contributed by atoms with E-state index in [1.54, 1.807) is 11.4 Å². The maximum atomic E-state index is 12.2. The van der Waals surface area contributed by atoms with E-state index in [9.17, 15) is 9.59 Å². The van der Waals surface area contributed by atoms with Crippen LogP contribution in [-0.2, 0) is 22.7 Å². The van der Waals surface area contributed by atoms with Crippen LogP contribution in [0.3, 0.4) is 0 Å². The number of hydrogen-bond donors (Lipinski definition) is 1. The Labute approximate surface area is 171 Å². The van der Waals surface area contributed by atoms with Crippen LogP contribution in [0.1, 0.15) is 44.0 Å². The molecule has 2 amide bonds. The summed E-state index contributed by atoms with van der Waals surface area (Å²) in [6, 6.07) is 3.73. The second kappa shape index (κ2) is 9.71. The molecule has 0 saturated carbocycles. The Morgan fingerprint density at radius 2 is 2.25 bits per heavy atom. The molecule has 0 atom stereocenters. The van der Waals surface area contributed by atoms with Crippen LogP contribution in [0.5, 0.6) is 0 Å². The van der Waals surface area contributed by atoms with Gasteiger partial charge in [0.25, 0.3) is 0 Å². The number of carbonyl (C=O) groups is 2. The SMILES string of the molecule is CCn1c(CN2CCCCCC2=O)nnc1SCC(=O)Nc1sccc1C#N. The summed E-state index contributed by atoms with van der Waals surface area (Å²) >= 11 is 2.62. The molecule has 1 saturated heterocycles. The molecule has 28 heavy (non-hydrogen) atoms. The predicted molar refractivity (Wildman–Crippen MR) is 108 cm³/mol. The first-order valence-electron chi connectivity index (χ1n) is 9.22. The largest absolute Gasteiger partial charge is 0.335 e. The molecule has 2 aromatic heterocycles. The number of aromatic nitrogens is 3. The number of thiophene rings is 1. The van der Waals surface area contributed by atoms with Gasteiger partial charge in [-0.1, -0.05) is 18.2 Å². The minimum atomic E-state index is -0.196. The van der Waals surface area contributed by atoms with E-state index >= 15 is 0 Å². The maximum Gasteiger partial charge on any atom is 0.235 e. The van der Waals surface area contributed by atoms with E-state index in [1.165, 1.54) is 23.1 Å². The second-order valence-corrected chi connectivity index (χ2v) is 8.24. The van der Waals surface area contributed by atoms with E-state index < -0.39 is 0 Å². The Morgan fingerprint density at radius 3 is 3.04 bits per heavy atom. The fourth-order valence-electron chi connectivity index (χ4n) is 3.02. The van der Waals surface area contributed by atoms with Gasteiger partial charge in [0.05, 0.1) is 17.9 Å². The van der Waals surface area contributed by atoms with E-state index in [0.29, 0.717) is 35.2 Å². The number of hydrogen-bond acceptors (Lipinski definition) is 7. The van der Waals surface area contributed by atoms with Gasteiger partial charge < -0.3 is 14.8 Å². The monoisotopic (exact) mass is 418 g/mol. The van der Waals surface area contributed by atoms with Gasteiger partial charge in [-0.15, -0.1) is 21.5 Å². The van der Waals surface area contributed by atoms with Gasteiger partial charge in [0.2, 0.25) is 11.8 Å². The lowest BCUT2D eigenvalue weighted by Gasteiger charge is -2.20. The molecule has 1 fully saturated rings. The molecule has 0 aliphatic carbocycles. The highest BCUT2D eigenvalue weighted by molar-refractivity contribution is 7.99. The summed E-state index contributed by atoms with van der Waals surface area (Å²) in [6.45, 7) is 3.86. The lowest BCUT2D eigenvalue weighted by atomic mass is 10.2. The summed E-state index contributed by atoms with van der Waals surface area (Å²) in [5, 5.41) is 23.2. The van der Waals surface area contributed by atoms with Crippen LogP contribution in [-0.4, -0.2) is 43.8 Å². The molecule has 0 spiro atoms. The molecule has 3 heterocycles. The van der Waals surface area contributed by atoms with Gasteiger partial charge >= 0.3 is 0 Å². The normalized spacial score (nSPS) is 14.6. The standard InChI is InChI=1S/C18H22N6O2S2/c1-2-24-14(11-23-8-5-3-4-6-16(23)26)21-22-18(24)28-12-15(25)20-17-13(10-19)7-9-27-17/h7,9H,2-6,8,11-12H2,1H3,(H,20,25). The molecule has 0 unspecified atom stereocenters. The lowest BCUT2D eigenvalue weighted by molar-refractivity contribution is -0.131. The van der Waals surface area contributed by atoms with Crippen molar-refractivity contribution in [2.75, 3.05) is 17.6 Å². The van der Waals surface area contributed by atoms with Crippen LogP contribution in [0.15, 0.2) is 16.6 Å². The topological polar surface area (TPSA) is 104 Å². The van der Waals surface area contributed by atoms with Crippen molar-refractivity contribution in [1.29, 1.82) is 5.26 Å². The summed E-state index contributed by atoms with van der Waals surface area (Å²) in [4.78, 5) is 26.3. The van der Waals surface area contributed by atoms with Crippen LogP contribution in [0.2, 0.25) is 0 Å². The van der Waals surface area contributed by atoms with E-state index in [0.717, 1.165) is 31.6 Å². The molecule has 3 rings (SSSR count). The van der Waals surface area contributed by atoms with Gasteiger partial charge in [-0.3, -0.25) is 9.59 Å². The van der Waals surface area contributed by atoms with Crippen molar-refractivity contribution >= 4 is 39.9 Å². The number of nitrogens with one attached hydrogen (secondary N) is 1. The summed E-state index contributed by atoms with van der Waals surface area (Å²) < 4.78 is 1.95. The quantitative estimate of drug-likeness (QED) is 0.694. The fraction of sp³-hybridized carbons (Fsp3) is 0.500. The number of rotatable bonds is 7. The van der Waals surface area contributed by atoms with Crippen molar-refractivity contribution in [3.05, 3.63) is 22.8 Å². The Kier molecular flexibility index (Phi) is 7.06. The number of carbonyl (C=O) groups excluding carboxylic acids is 2. The van der Waals surface area contributed by atoms with Crippen molar-refractivity contribution in [1.82, 2.24) is 19.7 Å². The molecule has 1 aliphatic rings. The molecule has 2 aromatic rings. The van der Waals surface area contributed by atoms with Gasteiger partial charge in [0.1, 0.15) is 11.1 Å². The zero-order valence-electron chi connectivity index (χ0n) is 15.7. The lowest BCUT2D eigenvalue weighted by Crippen LogP contribution is -2.31. The van der Waals surface area contributed by atoms with E-state index in [-0.39, 0.29) is 17.6 Å². The van der Waals surface area contributed by atoms with Crippen LogP contribution >= 0.6 is 23.1 Å². The highest BCUT2D eigenvalue weighted by atomic mass is 32.2. The zero-order chi connectivity index (χ0) is 19.9. The Morgan fingerprint density at radius 1 is 1.39 bits per heavy atom. The van der Waals surface area contributed by atoms with E-state index in [4.69, 9.17) is 5.26 Å².